The number of benzene rings is 1. The van der Waals surface area contributed by atoms with Gasteiger partial charge in [-0.2, -0.15) is 0 Å². The molecule has 22 heavy (non-hydrogen) atoms. The van der Waals surface area contributed by atoms with E-state index in [0.717, 1.165) is 38.0 Å². The molecule has 0 saturated carbocycles. The molecular weight excluding hydrogens is 298 g/mol. The highest BCUT2D eigenvalue weighted by atomic mass is 35.5. The number of rotatable bonds is 4. The van der Waals surface area contributed by atoms with E-state index >= 15 is 0 Å². The average molecular weight is 324 g/mol. The Morgan fingerprint density at radius 1 is 1.23 bits per heavy atom. The molecule has 0 spiro atoms. The molecule has 2 aliphatic rings. The number of carbonyl (C=O) groups excluding carboxylic acids is 1. The number of nitrogens with zero attached hydrogens (tertiary/aromatic N) is 1. The quantitative estimate of drug-likeness (QED) is 0.893. The Hall–Kier alpha value is -1.10. The van der Waals surface area contributed by atoms with Crippen LogP contribution >= 0.6 is 12.4 Å². The predicted molar refractivity (Wildman–Crippen MR) is 92.9 cm³/mol. The van der Waals surface area contributed by atoms with Crippen molar-refractivity contribution in [2.75, 3.05) is 32.0 Å². The van der Waals surface area contributed by atoms with Crippen LogP contribution in [0.3, 0.4) is 0 Å². The number of carbonyl (C=O) groups is 1. The van der Waals surface area contributed by atoms with Gasteiger partial charge >= 0.3 is 0 Å². The van der Waals surface area contributed by atoms with Crippen molar-refractivity contribution in [1.82, 2.24) is 10.2 Å². The maximum atomic E-state index is 12.2. The van der Waals surface area contributed by atoms with Crippen molar-refractivity contribution >= 4 is 24.0 Å². The van der Waals surface area contributed by atoms with Gasteiger partial charge in [0.1, 0.15) is 0 Å². The van der Waals surface area contributed by atoms with Gasteiger partial charge in [-0.15, -0.1) is 12.4 Å². The van der Waals surface area contributed by atoms with Crippen molar-refractivity contribution < 1.29 is 4.79 Å². The topological polar surface area (TPSA) is 44.4 Å². The molecule has 0 aromatic heterocycles. The third-order valence-corrected chi connectivity index (χ3v) is 4.75. The molecule has 0 radical (unpaired) electrons. The zero-order valence-electron chi connectivity index (χ0n) is 13.2. The highest BCUT2D eigenvalue weighted by Gasteiger charge is 2.19. The molecule has 1 aromatic rings. The summed E-state index contributed by atoms with van der Waals surface area (Å²) in [7, 11) is 2.01. The Bertz CT molecular complexity index is 513. The zero-order valence-corrected chi connectivity index (χ0v) is 14.0. The van der Waals surface area contributed by atoms with Gasteiger partial charge < -0.3 is 10.6 Å². The number of hydrogen-bond donors (Lipinski definition) is 2. The highest BCUT2D eigenvalue weighted by Crippen LogP contribution is 2.24. The van der Waals surface area contributed by atoms with Crippen molar-refractivity contribution in [2.45, 2.75) is 38.1 Å². The van der Waals surface area contributed by atoms with Crippen LogP contribution in [0.25, 0.3) is 0 Å². The number of likely N-dealkylation sites (tertiary alicyclic amines) is 1. The van der Waals surface area contributed by atoms with Crippen LogP contribution in [0.4, 0.5) is 5.69 Å². The molecule has 1 aliphatic heterocycles. The van der Waals surface area contributed by atoms with E-state index in [1.165, 1.54) is 24.0 Å². The SMILES string of the molecule is CNC1CCN(CC(=O)Nc2ccc3c(c2)CCC3)CC1.Cl. The summed E-state index contributed by atoms with van der Waals surface area (Å²) in [5.74, 6) is 0.107. The number of nitrogens with one attached hydrogen (secondary N) is 2. The van der Waals surface area contributed by atoms with Gasteiger partial charge in [0.05, 0.1) is 6.54 Å². The van der Waals surface area contributed by atoms with Crippen LogP contribution in [0.1, 0.15) is 30.4 Å². The minimum Gasteiger partial charge on any atom is -0.325 e. The second-order valence-corrected chi connectivity index (χ2v) is 6.22. The van der Waals surface area contributed by atoms with E-state index in [1.54, 1.807) is 0 Å². The molecule has 2 N–H and O–H groups in total. The Labute approximate surface area is 139 Å². The molecule has 0 bridgehead atoms. The van der Waals surface area contributed by atoms with Gasteiger partial charge in [-0.25, -0.2) is 0 Å². The summed E-state index contributed by atoms with van der Waals surface area (Å²) in [6, 6.07) is 6.96. The van der Waals surface area contributed by atoms with Crippen molar-refractivity contribution in [2.24, 2.45) is 0 Å². The van der Waals surface area contributed by atoms with Crippen molar-refractivity contribution in [3.8, 4) is 0 Å². The lowest BCUT2D eigenvalue weighted by molar-refractivity contribution is -0.117. The van der Waals surface area contributed by atoms with Gasteiger partial charge in [-0.1, -0.05) is 6.07 Å². The lowest BCUT2D eigenvalue weighted by Crippen LogP contribution is -2.44. The predicted octanol–water partition coefficient (Wildman–Crippen LogP) is 2.22. The van der Waals surface area contributed by atoms with E-state index in [1.807, 2.05) is 13.1 Å². The molecule has 0 atom stereocenters. The van der Waals surface area contributed by atoms with E-state index in [0.29, 0.717) is 12.6 Å². The molecule has 1 fully saturated rings. The molecule has 3 rings (SSSR count). The number of amides is 1. The first-order chi connectivity index (χ1) is 10.2. The monoisotopic (exact) mass is 323 g/mol. The molecule has 1 heterocycles. The minimum atomic E-state index is 0. The van der Waals surface area contributed by atoms with Crippen LogP contribution < -0.4 is 10.6 Å². The Balaban J connectivity index is 0.00000176. The molecule has 1 amide bonds. The van der Waals surface area contributed by atoms with E-state index in [9.17, 15) is 4.79 Å². The maximum absolute atomic E-state index is 12.2. The average Bonchev–Trinajstić information content (AvgIpc) is 2.95. The molecule has 4 nitrogen and oxygen atoms in total. The normalized spacial score (nSPS) is 18.6. The van der Waals surface area contributed by atoms with E-state index < -0.39 is 0 Å². The lowest BCUT2D eigenvalue weighted by Gasteiger charge is -2.31. The summed E-state index contributed by atoms with van der Waals surface area (Å²) in [4.78, 5) is 14.4. The summed E-state index contributed by atoms with van der Waals surface area (Å²) >= 11 is 0. The molecular formula is C17H26ClN3O. The second-order valence-electron chi connectivity index (χ2n) is 6.22. The van der Waals surface area contributed by atoms with Gasteiger partial charge in [0.2, 0.25) is 5.91 Å². The van der Waals surface area contributed by atoms with Crippen LogP contribution in [0, 0.1) is 0 Å². The van der Waals surface area contributed by atoms with E-state index in [2.05, 4.69) is 27.7 Å². The van der Waals surface area contributed by atoms with Gasteiger partial charge in [0, 0.05) is 24.8 Å². The molecule has 1 aliphatic carbocycles. The number of anilines is 1. The summed E-state index contributed by atoms with van der Waals surface area (Å²) in [6.07, 6.45) is 5.83. The maximum Gasteiger partial charge on any atom is 0.238 e. The first-order valence-corrected chi connectivity index (χ1v) is 8.06. The van der Waals surface area contributed by atoms with Crippen LogP contribution in [0.15, 0.2) is 18.2 Å². The van der Waals surface area contributed by atoms with Crippen molar-refractivity contribution in [3.05, 3.63) is 29.3 Å². The third-order valence-electron chi connectivity index (χ3n) is 4.75. The molecule has 1 saturated heterocycles. The van der Waals surface area contributed by atoms with Gasteiger partial charge in [0.25, 0.3) is 0 Å². The highest BCUT2D eigenvalue weighted by molar-refractivity contribution is 5.92. The number of fused-ring (bicyclic) bond motifs is 1. The molecule has 1 aromatic carbocycles. The molecule has 0 unspecified atom stereocenters. The number of piperidine rings is 1. The fourth-order valence-corrected chi connectivity index (χ4v) is 3.43. The fraction of sp³-hybridized carbons (Fsp3) is 0.588. The standard InChI is InChI=1S/C17H25N3O.ClH/c1-18-15-7-9-20(10-8-15)12-17(21)19-16-6-5-13-3-2-4-14(13)11-16;/h5-6,11,15,18H,2-4,7-10,12H2,1H3,(H,19,21);1H. The first kappa shape index (κ1) is 17.3. The van der Waals surface area contributed by atoms with Crippen LogP contribution in [-0.2, 0) is 17.6 Å². The largest absolute Gasteiger partial charge is 0.325 e. The minimum absolute atomic E-state index is 0. The number of aryl methyl sites for hydroxylation is 2. The number of halogens is 1. The molecule has 5 heteroatoms. The van der Waals surface area contributed by atoms with Crippen LogP contribution in [-0.4, -0.2) is 43.5 Å². The Morgan fingerprint density at radius 2 is 1.95 bits per heavy atom. The van der Waals surface area contributed by atoms with Crippen LogP contribution in [0.5, 0.6) is 0 Å². The van der Waals surface area contributed by atoms with Crippen molar-refractivity contribution in [1.29, 1.82) is 0 Å². The lowest BCUT2D eigenvalue weighted by atomic mass is 10.1. The zero-order chi connectivity index (χ0) is 14.7. The smallest absolute Gasteiger partial charge is 0.238 e. The Kier molecular flexibility index (Phi) is 6.24. The van der Waals surface area contributed by atoms with E-state index in [4.69, 9.17) is 0 Å². The summed E-state index contributed by atoms with van der Waals surface area (Å²) in [5, 5.41) is 6.36. The Morgan fingerprint density at radius 3 is 2.68 bits per heavy atom. The summed E-state index contributed by atoms with van der Waals surface area (Å²) in [6.45, 7) is 2.51. The second kappa shape index (κ2) is 7.95. The van der Waals surface area contributed by atoms with Gasteiger partial charge in [0.15, 0.2) is 0 Å². The van der Waals surface area contributed by atoms with E-state index in [-0.39, 0.29) is 18.3 Å². The summed E-state index contributed by atoms with van der Waals surface area (Å²) < 4.78 is 0. The van der Waals surface area contributed by atoms with Crippen LogP contribution in [0.2, 0.25) is 0 Å². The first-order valence-electron chi connectivity index (χ1n) is 8.06. The summed E-state index contributed by atoms with van der Waals surface area (Å²) in [5.41, 5.74) is 3.80. The fourth-order valence-electron chi connectivity index (χ4n) is 3.43. The molecule has 122 valence electrons. The third kappa shape index (κ3) is 4.22. The van der Waals surface area contributed by atoms with Crippen molar-refractivity contribution in [3.63, 3.8) is 0 Å². The number of hydrogen-bond acceptors (Lipinski definition) is 3. The van der Waals surface area contributed by atoms with Gasteiger partial charge in [-0.05, 0) is 62.4 Å². The van der Waals surface area contributed by atoms with Gasteiger partial charge in [-0.3, -0.25) is 9.69 Å².